The van der Waals surface area contributed by atoms with Crippen LogP contribution in [0.4, 0.5) is 5.69 Å². The van der Waals surface area contributed by atoms with Gasteiger partial charge in [-0.25, -0.2) is 8.42 Å². The molecule has 0 aliphatic rings. The number of anilines is 1. The average molecular weight is 295 g/mol. The number of aryl methyl sites for hydroxylation is 1. The van der Waals surface area contributed by atoms with Crippen molar-refractivity contribution in [3.63, 3.8) is 0 Å². The fraction of sp³-hybridized carbons (Fsp3) is 0.308. The second kappa shape index (κ2) is 6.06. The molecule has 0 unspecified atom stereocenters. The first-order valence-corrected chi connectivity index (χ1v) is 7.80. The number of rotatable bonds is 6. The number of sulfonamides is 1. The van der Waals surface area contributed by atoms with Crippen molar-refractivity contribution in [3.8, 4) is 0 Å². The van der Waals surface area contributed by atoms with E-state index in [4.69, 9.17) is 4.52 Å². The monoisotopic (exact) mass is 295 g/mol. The van der Waals surface area contributed by atoms with Crippen LogP contribution < -0.4 is 10.0 Å². The van der Waals surface area contributed by atoms with Crippen molar-refractivity contribution in [3.05, 3.63) is 47.3 Å². The number of hydrogen-bond acceptors (Lipinski definition) is 5. The van der Waals surface area contributed by atoms with E-state index in [-0.39, 0.29) is 5.75 Å². The Labute approximate surface area is 118 Å². The molecule has 0 spiro atoms. The van der Waals surface area contributed by atoms with Crippen LogP contribution in [0.1, 0.15) is 17.0 Å². The van der Waals surface area contributed by atoms with Crippen LogP contribution in [-0.4, -0.2) is 20.6 Å². The third kappa shape index (κ3) is 4.07. The number of nitrogens with one attached hydrogen (secondary N) is 2. The van der Waals surface area contributed by atoms with Crippen molar-refractivity contribution in [1.29, 1.82) is 0 Å². The first kappa shape index (κ1) is 14.5. The zero-order valence-corrected chi connectivity index (χ0v) is 12.2. The van der Waals surface area contributed by atoms with Gasteiger partial charge in [-0.2, -0.15) is 0 Å². The summed E-state index contributed by atoms with van der Waals surface area (Å²) >= 11 is 0. The molecule has 7 heteroatoms. The first-order valence-electron chi connectivity index (χ1n) is 6.15. The number of benzene rings is 1. The lowest BCUT2D eigenvalue weighted by Gasteiger charge is -2.07. The van der Waals surface area contributed by atoms with Gasteiger partial charge in [-0.15, -0.1) is 0 Å². The van der Waals surface area contributed by atoms with Crippen molar-refractivity contribution >= 4 is 15.7 Å². The minimum absolute atomic E-state index is 0.206. The number of aromatic nitrogens is 1. The maximum absolute atomic E-state index is 12.0. The molecule has 1 aromatic carbocycles. The molecule has 0 aliphatic heterocycles. The van der Waals surface area contributed by atoms with Gasteiger partial charge in [0, 0.05) is 18.3 Å². The van der Waals surface area contributed by atoms with Crippen molar-refractivity contribution in [2.24, 2.45) is 0 Å². The lowest BCUT2D eigenvalue weighted by atomic mass is 10.2. The lowest BCUT2D eigenvalue weighted by molar-refractivity contribution is 0.392. The lowest BCUT2D eigenvalue weighted by Crippen LogP contribution is -2.15. The predicted molar refractivity (Wildman–Crippen MR) is 76.7 cm³/mol. The van der Waals surface area contributed by atoms with Crippen molar-refractivity contribution in [2.45, 2.75) is 19.2 Å². The third-order valence-corrected chi connectivity index (χ3v) is 3.85. The van der Waals surface area contributed by atoms with E-state index in [0.717, 1.165) is 12.1 Å². The molecule has 2 rings (SSSR count). The van der Waals surface area contributed by atoms with Gasteiger partial charge in [-0.3, -0.25) is 4.72 Å². The number of hydrogen-bond donors (Lipinski definition) is 2. The van der Waals surface area contributed by atoms with Crippen LogP contribution >= 0.6 is 0 Å². The quantitative estimate of drug-likeness (QED) is 0.846. The van der Waals surface area contributed by atoms with Crippen LogP contribution in [0.3, 0.4) is 0 Å². The van der Waals surface area contributed by atoms with E-state index in [0.29, 0.717) is 17.1 Å². The van der Waals surface area contributed by atoms with Gasteiger partial charge in [0.25, 0.3) is 0 Å². The Morgan fingerprint density at radius 1 is 1.25 bits per heavy atom. The Kier molecular flexibility index (Phi) is 4.41. The van der Waals surface area contributed by atoms with Gasteiger partial charge < -0.3 is 9.84 Å². The van der Waals surface area contributed by atoms with Gasteiger partial charge in [0.05, 0.1) is 0 Å². The second-order valence-corrected chi connectivity index (χ2v) is 6.24. The van der Waals surface area contributed by atoms with E-state index < -0.39 is 10.0 Å². The largest absolute Gasteiger partial charge is 0.361 e. The number of nitrogens with zero attached hydrogens (tertiary/aromatic N) is 1. The van der Waals surface area contributed by atoms with Gasteiger partial charge in [0.15, 0.2) is 0 Å². The van der Waals surface area contributed by atoms with Gasteiger partial charge in [-0.1, -0.05) is 17.3 Å². The predicted octanol–water partition coefficient (Wildman–Crippen LogP) is 1.64. The highest BCUT2D eigenvalue weighted by atomic mass is 32.2. The Morgan fingerprint density at radius 2 is 1.95 bits per heavy atom. The molecule has 0 amide bonds. The topological polar surface area (TPSA) is 84.2 Å². The summed E-state index contributed by atoms with van der Waals surface area (Å²) in [5.41, 5.74) is 2.01. The molecule has 2 aromatic rings. The second-order valence-electron chi connectivity index (χ2n) is 4.52. The minimum atomic E-state index is -3.49. The van der Waals surface area contributed by atoms with Gasteiger partial charge in [-0.05, 0) is 31.7 Å². The van der Waals surface area contributed by atoms with Crippen LogP contribution in [0.15, 0.2) is 34.9 Å². The van der Waals surface area contributed by atoms with E-state index >= 15 is 0 Å². The van der Waals surface area contributed by atoms with E-state index in [1.54, 1.807) is 25.1 Å². The van der Waals surface area contributed by atoms with E-state index in [2.05, 4.69) is 15.2 Å². The fourth-order valence-corrected chi connectivity index (χ4v) is 2.88. The van der Waals surface area contributed by atoms with Crippen molar-refractivity contribution in [2.75, 3.05) is 11.8 Å². The summed E-state index contributed by atoms with van der Waals surface area (Å²) in [5.74, 6) is 0.384. The molecule has 1 heterocycles. The van der Waals surface area contributed by atoms with Gasteiger partial charge in [0.1, 0.15) is 17.2 Å². The van der Waals surface area contributed by atoms with E-state index in [1.807, 2.05) is 19.2 Å². The Bertz CT molecular complexity index is 662. The summed E-state index contributed by atoms with van der Waals surface area (Å²) in [5, 5.41) is 6.71. The third-order valence-electron chi connectivity index (χ3n) is 2.62. The van der Waals surface area contributed by atoms with Gasteiger partial charge >= 0.3 is 0 Å². The zero-order valence-electron chi connectivity index (χ0n) is 11.4. The molecule has 0 bridgehead atoms. The molecule has 0 atom stereocenters. The SMILES string of the molecule is CNCc1ccc(NS(=O)(=O)Cc2cc(C)on2)cc1. The summed E-state index contributed by atoms with van der Waals surface area (Å²) in [6.07, 6.45) is 0. The highest BCUT2D eigenvalue weighted by Gasteiger charge is 2.14. The molecular weight excluding hydrogens is 278 g/mol. The fourth-order valence-electron chi connectivity index (χ4n) is 1.79. The van der Waals surface area contributed by atoms with Crippen LogP contribution in [0.25, 0.3) is 0 Å². The molecule has 0 radical (unpaired) electrons. The smallest absolute Gasteiger partial charge is 0.238 e. The van der Waals surface area contributed by atoms with Crippen LogP contribution in [0.5, 0.6) is 0 Å². The first-order chi connectivity index (χ1) is 9.48. The zero-order chi connectivity index (χ0) is 14.6. The van der Waals surface area contributed by atoms with Gasteiger partial charge in [0.2, 0.25) is 10.0 Å². The maximum atomic E-state index is 12.0. The summed E-state index contributed by atoms with van der Waals surface area (Å²) in [6.45, 7) is 2.46. The highest BCUT2D eigenvalue weighted by molar-refractivity contribution is 7.91. The molecule has 0 fully saturated rings. The molecule has 108 valence electrons. The molecule has 20 heavy (non-hydrogen) atoms. The molecule has 6 nitrogen and oxygen atoms in total. The average Bonchev–Trinajstić information content (AvgIpc) is 2.76. The van der Waals surface area contributed by atoms with Crippen LogP contribution in [0, 0.1) is 6.92 Å². The molecule has 2 N–H and O–H groups in total. The van der Waals surface area contributed by atoms with E-state index in [9.17, 15) is 8.42 Å². The molecule has 1 aromatic heterocycles. The summed E-state index contributed by atoms with van der Waals surface area (Å²) in [6, 6.07) is 8.81. The highest BCUT2D eigenvalue weighted by Crippen LogP contribution is 2.14. The van der Waals surface area contributed by atoms with Crippen molar-refractivity contribution < 1.29 is 12.9 Å². The maximum Gasteiger partial charge on any atom is 0.238 e. The van der Waals surface area contributed by atoms with E-state index in [1.165, 1.54) is 0 Å². The summed E-state index contributed by atoms with van der Waals surface area (Å²) < 4.78 is 31.3. The summed E-state index contributed by atoms with van der Waals surface area (Å²) in [7, 11) is -1.63. The normalized spacial score (nSPS) is 11.5. The minimum Gasteiger partial charge on any atom is -0.361 e. The Balaban J connectivity index is 2.04. The molecule has 0 saturated carbocycles. The molecular formula is C13H17N3O3S. The molecule has 0 aliphatic carbocycles. The van der Waals surface area contributed by atoms with Crippen LogP contribution in [0.2, 0.25) is 0 Å². The van der Waals surface area contributed by atoms with Crippen molar-refractivity contribution in [1.82, 2.24) is 10.5 Å². The summed E-state index contributed by atoms with van der Waals surface area (Å²) in [4.78, 5) is 0. The van der Waals surface area contributed by atoms with Crippen LogP contribution in [-0.2, 0) is 22.3 Å². The Morgan fingerprint density at radius 3 is 2.50 bits per heavy atom. The standard InChI is InChI=1S/C13H17N3O3S/c1-10-7-13(15-19-10)9-20(17,18)16-12-5-3-11(4-6-12)8-14-2/h3-7,14,16H,8-9H2,1-2H3. The Hall–Kier alpha value is -1.86. The molecule has 0 saturated heterocycles.